The number of benzene rings is 2. The van der Waals surface area contributed by atoms with Crippen LogP contribution >= 0.6 is 11.3 Å². The zero-order valence-electron chi connectivity index (χ0n) is 36.2. The summed E-state index contributed by atoms with van der Waals surface area (Å²) in [5.41, 5.74) is 11.0. The maximum atomic E-state index is 14.0. The molecule has 19 nitrogen and oxygen atoms in total. The number of amides is 4. The number of primary amides is 1. The van der Waals surface area contributed by atoms with Crippen molar-refractivity contribution in [2.24, 2.45) is 11.1 Å². The van der Waals surface area contributed by atoms with Crippen molar-refractivity contribution in [1.82, 2.24) is 40.7 Å². The van der Waals surface area contributed by atoms with Crippen molar-refractivity contribution in [2.45, 2.75) is 85.0 Å². The number of β-amino-alcohol motifs (C(OH)–C–C–N with tert-alkyl or cyclic N) is 1. The Hall–Kier alpha value is -6.45. The molecule has 1 unspecified atom stereocenters. The summed E-state index contributed by atoms with van der Waals surface area (Å²) in [6.07, 6.45) is 3.01. The van der Waals surface area contributed by atoms with Gasteiger partial charge in [-0.3, -0.25) is 29.0 Å². The lowest BCUT2D eigenvalue weighted by Crippen LogP contribution is -2.57. The predicted molar refractivity (Wildman–Crippen MR) is 242 cm³/mol. The fourth-order valence-corrected chi connectivity index (χ4v) is 8.44. The number of unbranched alkanes of at least 4 members (excludes halogenated alkanes) is 1. The van der Waals surface area contributed by atoms with E-state index in [4.69, 9.17) is 10.5 Å². The van der Waals surface area contributed by atoms with Gasteiger partial charge in [-0.1, -0.05) is 57.2 Å². The highest BCUT2D eigenvalue weighted by Gasteiger charge is 2.44. The number of nitrogens with one attached hydrogen (secondary N) is 5. The second-order valence-corrected chi connectivity index (χ2v) is 19.2. The quantitative estimate of drug-likeness (QED) is 0.0571. The van der Waals surface area contributed by atoms with Gasteiger partial charge in [0.05, 0.1) is 52.6 Å². The molecule has 0 aliphatic carbocycles. The number of rotatable bonds is 19. The first kappa shape index (κ1) is 47.0. The highest BCUT2D eigenvalue weighted by molar-refractivity contribution is 7.92. The summed E-state index contributed by atoms with van der Waals surface area (Å²) in [6.45, 7) is 9.42. The molecule has 1 aliphatic rings. The number of carbonyl (C=O) groups excluding carboxylic acids is 4. The largest absolute Gasteiger partial charge is 0.477 e. The van der Waals surface area contributed by atoms with Crippen molar-refractivity contribution in [3.63, 3.8) is 0 Å². The van der Waals surface area contributed by atoms with Crippen LogP contribution in [-0.2, 0) is 31.0 Å². The van der Waals surface area contributed by atoms with Crippen molar-refractivity contribution < 1.29 is 37.4 Å². The number of aromatic amines is 1. The van der Waals surface area contributed by atoms with E-state index in [0.29, 0.717) is 29.8 Å². The molecule has 4 heterocycles. The SMILES string of the molecule is CCS(=O)(=O)Nc1ccc(-c2[nH]nc(Nc3cnc(OCCCCC(=O)NC(C(=O)N4C[C@H](O)C[C@H]4C(=O)NCc4ccc(-c5scnc5C)cc4)C(C)(C)C)cn3)c2C(N)=O)cc1. The van der Waals surface area contributed by atoms with E-state index in [9.17, 15) is 32.7 Å². The number of nitrogens with zero attached hydrogens (tertiary/aromatic N) is 5. The fraction of sp³-hybridized carbons (Fsp3) is 0.395. The van der Waals surface area contributed by atoms with E-state index in [1.165, 1.54) is 24.2 Å². The molecule has 4 amide bonds. The van der Waals surface area contributed by atoms with E-state index in [0.717, 1.165) is 21.7 Å². The molecule has 21 heteroatoms. The number of nitrogens with two attached hydrogens (primary N) is 1. The summed E-state index contributed by atoms with van der Waals surface area (Å²) in [7, 11) is -3.46. The molecule has 64 heavy (non-hydrogen) atoms. The van der Waals surface area contributed by atoms with Gasteiger partial charge in [0.2, 0.25) is 33.6 Å². The van der Waals surface area contributed by atoms with Crippen molar-refractivity contribution in [3.05, 3.63) is 83.3 Å². The van der Waals surface area contributed by atoms with Crippen molar-refractivity contribution >= 4 is 62.3 Å². The van der Waals surface area contributed by atoms with E-state index in [1.54, 1.807) is 41.1 Å². The van der Waals surface area contributed by atoms with Crippen LogP contribution in [0.3, 0.4) is 0 Å². The number of hydrogen-bond donors (Lipinski definition) is 7. The van der Waals surface area contributed by atoms with E-state index in [2.05, 4.69) is 45.8 Å². The zero-order chi connectivity index (χ0) is 46.2. The number of thiazole rings is 1. The first-order valence-electron chi connectivity index (χ1n) is 20.7. The van der Waals surface area contributed by atoms with E-state index < -0.39 is 45.4 Å². The summed E-state index contributed by atoms with van der Waals surface area (Å²) in [5, 5.41) is 26.3. The van der Waals surface area contributed by atoms with Crippen LogP contribution < -0.4 is 31.1 Å². The summed E-state index contributed by atoms with van der Waals surface area (Å²) in [4.78, 5) is 68.4. The Morgan fingerprint density at radius 2 is 1.73 bits per heavy atom. The number of ether oxygens (including phenoxy) is 1. The van der Waals surface area contributed by atoms with Crippen LogP contribution in [0.25, 0.3) is 21.7 Å². The normalized spacial score (nSPS) is 15.6. The third kappa shape index (κ3) is 12.0. The van der Waals surface area contributed by atoms with Gasteiger partial charge in [-0.2, -0.15) is 5.10 Å². The van der Waals surface area contributed by atoms with Gasteiger partial charge in [0.15, 0.2) is 5.82 Å². The second kappa shape index (κ2) is 20.4. The van der Waals surface area contributed by atoms with E-state index >= 15 is 0 Å². The molecule has 2 aromatic carbocycles. The average molecular weight is 916 g/mol. The maximum Gasteiger partial charge on any atom is 0.254 e. The topological polar surface area (TPSA) is 277 Å². The van der Waals surface area contributed by atoms with Crippen LogP contribution in [0.5, 0.6) is 5.88 Å². The van der Waals surface area contributed by atoms with Gasteiger partial charge >= 0.3 is 0 Å². The van der Waals surface area contributed by atoms with Crippen molar-refractivity contribution in [3.8, 4) is 27.6 Å². The van der Waals surface area contributed by atoms with E-state index in [-0.39, 0.29) is 73.2 Å². The van der Waals surface area contributed by atoms with Gasteiger partial charge in [0.25, 0.3) is 5.91 Å². The monoisotopic (exact) mass is 915 g/mol. The smallest absolute Gasteiger partial charge is 0.254 e. The minimum absolute atomic E-state index is 0.0249. The number of likely N-dealkylation sites (tertiary alicyclic amines) is 1. The number of aliphatic hydroxyl groups is 1. The summed E-state index contributed by atoms with van der Waals surface area (Å²) < 4.78 is 32.0. The molecular weight excluding hydrogens is 863 g/mol. The van der Waals surface area contributed by atoms with Crippen LogP contribution in [-0.4, -0.2) is 104 Å². The number of aromatic nitrogens is 5. The molecule has 340 valence electrons. The number of anilines is 3. The van der Waals surface area contributed by atoms with Gasteiger partial charge in [-0.05, 0) is 55.4 Å². The minimum Gasteiger partial charge on any atom is -0.477 e. The van der Waals surface area contributed by atoms with Crippen molar-refractivity contribution in [2.75, 3.05) is 28.9 Å². The standard InChI is InChI=1S/C43H53N11O8S2/c1-6-64(60,61)53-29-16-14-27(15-17-29)36-35(39(44)57)40(52-51-36)49-32-21-46-34(22-45-32)62-18-8-7-9-33(56)50-38(43(3,4)5)42(59)54-23-30(55)19-31(54)41(58)47-20-26-10-12-28(13-11-26)37-25(2)48-24-63-37/h10-17,21-22,24,30-31,38,53,55H,6-9,18-20,23H2,1-5H3,(H2,44,57)(H,47,58)(H,50,56)(H2,45,49,51,52)/t30-,31+,38?/m1/s1. The zero-order valence-corrected chi connectivity index (χ0v) is 37.8. The van der Waals surface area contributed by atoms with Gasteiger partial charge in [0, 0.05) is 37.2 Å². The van der Waals surface area contributed by atoms with Crippen LogP contribution in [0.1, 0.15) is 75.0 Å². The predicted octanol–water partition coefficient (Wildman–Crippen LogP) is 4.26. The highest BCUT2D eigenvalue weighted by atomic mass is 32.2. The molecule has 1 saturated heterocycles. The summed E-state index contributed by atoms with van der Waals surface area (Å²) in [5.74, 6) is -1.43. The first-order chi connectivity index (χ1) is 30.4. The number of aryl methyl sites for hydroxylation is 1. The molecule has 3 atom stereocenters. The Bertz CT molecular complexity index is 2540. The molecule has 0 radical (unpaired) electrons. The van der Waals surface area contributed by atoms with Gasteiger partial charge in [-0.25, -0.2) is 23.4 Å². The number of aliphatic hydroxyl groups excluding tert-OH is 1. The number of sulfonamides is 1. The summed E-state index contributed by atoms with van der Waals surface area (Å²) in [6, 6.07) is 12.3. The van der Waals surface area contributed by atoms with Gasteiger partial charge in [0.1, 0.15) is 23.5 Å². The number of hydrogen-bond acceptors (Lipinski definition) is 14. The molecule has 1 aliphatic heterocycles. The minimum atomic E-state index is -3.46. The van der Waals surface area contributed by atoms with Crippen LogP contribution in [0.2, 0.25) is 0 Å². The molecule has 1 fully saturated rings. The van der Waals surface area contributed by atoms with E-state index in [1.807, 2.05) is 52.0 Å². The third-order valence-electron chi connectivity index (χ3n) is 10.5. The molecule has 3 aromatic heterocycles. The molecular formula is C43H53N11O8S2. The maximum absolute atomic E-state index is 14.0. The Labute approximate surface area is 375 Å². The molecule has 0 spiro atoms. The molecule has 5 aromatic rings. The lowest BCUT2D eigenvalue weighted by Gasteiger charge is -2.35. The molecule has 6 rings (SSSR count). The van der Waals surface area contributed by atoms with Crippen molar-refractivity contribution in [1.29, 1.82) is 0 Å². The third-order valence-corrected chi connectivity index (χ3v) is 12.8. The molecule has 0 saturated carbocycles. The number of carbonyl (C=O) groups is 4. The number of H-pyrrole nitrogens is 1. The summed E-state index contributed by atoms with van der Waals surface area (Å²) >= 11 is 1.56. The van der Waals surface area contributed by atoms with Crippen LogP contribution in [0, 0.1) is 12.3 Å². The van der Waals surface area contributed by atoms with Gasteiger partial charge in [-0.15, -0.1) is 11.3 Å². The Kier molecular flexibility index (Phi) is 15.0. The Morgan fingerprint density at radius 3 is 2.36 bits per heavy atom. The van der Waals surface area contributed by atoms with Crippen LogP contribution in [0.15, 0.2) is 66.4 Å². The Balaban J connectivity index is 0.958. The van der Waals surface area contributed by atoms with Gasteiger partial charge < -0.3 is 36.4 Å². The second-order valence-electron chi connectivity index (χ2n) is 16.4. The Morgan fingerprint density at radius 1 is 1.02 bits per heavy atom. The van der Waals surface area contributed by atoms with Crippen LogP contribution in [0.4, 0.5) is 17.3 Å². The lowest BCUT2D eigenvalue weighted by atomic mass is 9.85. The molecule has 0 bridgehead atoms. The highest BCUT2D eigenvalue weighted by Crippen LogP contribution is 2.31. The molecule has 8 N–H and O–H groups in total. The average Bonchev–Trinajstić information content (AvgIpc) is 4.00. The first-order valence-corrected chi connectivity index (χ1v) is 23.2. The fourth-order valence-electron chi connectivity index (χ4n) is 6.99. The lowest BCUT2D eigenvalue weighted by molar-refractivity contribution is -0.144.